The second-order valence-electron chi connectivity index (χ2n) is 7.14. The van der Waals surface area contributed by atoms with E-state index in [0.717, 1.165) is 25.7 Å². The number of sulfonamides is 1. The van der Waals surface area contributed by atoms with Crippen LogP contribution in [0.5, 0.6) is 5.75 Å². The van der Waals surface area contributed by atoms with E-state index < -0.39 is 22.8 Å². The maximum absolute atomic E-state index is 12.9. The van der Waals surface area contributed by atoms with Crippen molar-refractivity contribution in [2.24, 2.45) is 5.92 Å². The SMILES string of the molecule is O=C(Nc1cc(S(=O)(=O)N2CCCCCC2)ccc1OCC(F)(F)F)C1CC1. The summed E-state index contributed by atoms with van der Waals surface area (Å²) in [4.78, 5) is 12.0. The fourth-order valence-electron chi connectivity index (χ4n) is 3.06. The van der Waals surface area contributed by atoms with Crippen LogP contribution in [0.15, 0.2) is 23.1 Å². The van der Waals surface area contributed by atoms with E-state index in [1.165, 1.54) is 22.5 Å². The molecular formula is C18H23F3N2O4S. The number of amides is 1. The van der Waals surface area contributed by atoms with Gasteiger partial charge in [-0.15, -0.1) is 0 Å². The molecule has 0 atom stereocenters. The largest absolute Gasteiger partial charge is 0.482 e. The Labute approximate surface area is 162 Å². The Hall–Kier alpha value is -1.81. The molecule has 0 unspecified atom stereocenters. The highest BCUT2D eigenvalue weighted by Gasteiger charge is 2.32. The highest BCUT2D eigenvalue weighted by atomic mass is 32.2. The van der Waals surface area contributed by atoms with Crippen LogP contribution in [0.25, 0.3) is 0 Å². The van der Waals surface area contributed by atoms with E-state index in [-0.39, 0.29) is 28.2 Å². The Morgan fingerprint density at radius 3 is 2.36 bits per heavy atom. The van der Waals surface area contributed by atoms with Crippen LogP contribution in [0.2, 0.25) is 0 Å². The highest BCUT2D eigenvalue weighted by molar-refractivity contribution is 7.89. The second kappa shape index (κ2) is 8.28. The van der Waals surface area contributed by atoms with Crippen molar-refractivity contribution in [1.29, 1.82) is 0 Å². The summed E-state index contributed by atoms with van der Waals surface area (Å²) in [6, 6.07) is 3.57. The number of hydrogen-bond donors (Lipinski definition) is 1. The molecule has 6 nitrogen and oxygen atoms in total. The molecule has 28 heavy (non-hydrogen) atoms. The van der Waals surface area contributed by atoms with Crippen LogP contribution < -0.4 is 10.1 Å². The summed E-state index contributed by atoms with van der Waals surface area (Å²) in [5.74, 6) is -0.747. The summed E-state index contributed by atoms with van der Waals surface area (Å²) in [5, 5.41) is 2.52. The van der Waals surface area contributed by atoms with Gasteiger partial charge in [0.25, 0.3) is 0 Å². The van der Waals surface area contributed by atoms with Crippen molar-refractivity contribution in [1.82, 2.24) is 4.31 Å². The summed E-state index contributed by atoms with van der Waals surface area (Å²) in [7, 11) is -3.80. The maximum Gasteiger partial charge on any atom is 0.422 e. The van der Waals surface area contributed by atoms with E-state index >= 15 is 0 Å². The Kier molecular flexibility index (Phi) is 6.18. The second-order valence-corrected chi connectivity index (χ2v) is 9.08. The van der Waals surface area contributed by atoms with E-state index in [0.29, 0.717) is 25.9 Å². The van der Waals surface area contributed by atoms with Gasteiger partial charge in [0.1, 0.15) is 5.75 Å². The van der Waals surface area contributed by atoms with Crippen LogP contribution in [0, 0.1) is 5.92 Å². The minimum absolute atomic E-state index is 0.0583. The Morgan fingerprint density at radius 2 is 1.79 bits per heavy atom. The lowest BCUT2D eigenvalue weighted by atomic mass is 10.2. The van der Waals surface area contributed by atoms with Gasteiger partial charge in [-0.3, -0.25) is 4.79 Å². The third-order valence-electron chi connectivity index (χ3n) is 4.75. The van der Waals surface area contributed by atoms with Crippen LogP contribution in [0.3, 0.4) is 0 Å². The number of alkyl halides is 3. The van der Waals surface area contributed by atoms with Crippen LogP contribution >= 0.6 is 0 Å². The van der Waals surface area contributed by atoms with Crippen molar-refractivity contribution >= 4 is 21.6 Å². The number of carbonyl (C=O) groups is 1. The molecule has 2 aliphatic rings. The standard InChI is InChI=1S/C18H23F3N2O4S/c19-18(20,21)12-27-16-8-7-14(11-15(16)22-17(24)13-5-6-13)28(25,26)23-9-3-1-2-4-10-23/h7-8,11,13H,1-6,9-10,12H2,(H,22,24). The third kappa shape index (κ3) is 5.38. The number of halogens is 3. The highest BCUT2D eigenvalue weighted by Crippen LogP contribution is 2.35. The summed E-state index contributed by atoms with van der Waals surface area (Å²) in [6.45, 7) is -0.728. The van der Waals surface area contributed by atoms with E-state index in [9.17, 15) is 26.4 Å². The molecule has 1 aliphatic heterocycles. The van der Waals surface area contributed by atoms with Crippen LogP contribution in [-0.4, -0.2) is 44.5 Å². The van der Waals surface area contributed by atoms with E-state index in [1.54, 1.807) is 0 Å². The van der Waals surface area contributed by atoms with Gasteiger partial charge in [-0.1, -0.05) is 12.8 Å². The first kappa shape index (κ1) is 20.9. The van der Waals surface area contributed by atoms with Crippen molar-refractivity contribution in [3.05, 3.63) is 18.2 Å². The monoisotopic (exact) mass is 420 g/mol. The minimum atomic E-state index is -4.55. The molecule has 0 radical (unpaired) electrons. The van der Waals surface area contributed by atoms with Crippen LogP contribution in [-0.2, 0) is 14.8 Å². The zero-order valence-electron chi connectivity index (χ0n) is 15.3. The van der Waals surface area contributed by atoms with Crippen molar-refractivity contribution in [3.8, 4) is 5.75 Å². The predicted molar refractivity (Wildman–Crippen MR) is 96.6 cm³/mol. The van der Waals surface area contributed by atoms with Crippen molar-refractivity contribution in [2.75, 3.05) is 25.0 Å². The first-order chi connectivity index (χ1) is 13.2. The van der Waals surface area contributed by atoms with E-state index in [2.05, 4.69) is 5.32 Å². The van der Waals surface area contributed by atoms with E-state index in [1.807, 2.05) is 0 Å². The molecule has 1 aromatic carbocycles. The number of benzene rings is 1. The van der Waals surface area contributed by atoms with Crippen molar-refractivity contribution < 1.29 is 31.1 Å². The molecule has 10 heteroatoms. The molecule has 1 aromatic rings. The summed E-state index contributed by atoms with van der Waals surface area (Å²) < 4.78 is 69.6. The number of ether oxygens (including phenoxy) is 1. The molecule has 156 valence electrons. The van der Waals surface area contributed by atoms with Gasteiger partial charge in [0.2, 0.25) is 15.9 Å². The zero-order valence-corrected chi connectivity index (χ0v) is 16.1. The smallest absolute Gasteiger partial charge is 0.422 e. The number of anilines is 1. The summed E-state index contributed by atoms with van der Waals surface area (Å²) in [5.41, 5.74) is -0.0583. The molecule has 1 N–H and O–H groups in total. The Balaban J connectivity index is 1.87. The van der Waals surface area contributed by atoms with Crippen molar-refractivity contribution in [3.63, 3.8) is 0 Å². The average Bonchev–Trinajstić information content (AvgIpc) is 3.46. The lowest BCUT2D eigenvalue weighted by Crippen LogP contribution is -2.32. The number of rotatable bonds is 6. The Morgan fingerprint density at radius 1 is 1.14 bits per heavy atom. The molecule has 0 aromatic heterocycles. The van der Waals surface area contributed by atoms with Gasteiger partial charge in [-0.2, -0.15) is 17.5 Å². The molecule has 0 bridgehead atoms. The first-order valence-electron chi connectivity index (χ1n) is 9.31. The topological polar surface area (TPSA) is 75.7 Å². The fourth-order valence-corrected chi connectivity index (χ4v) is 4.61. The third-order valence-corrected chi connectivity index (χ3v) is 6.65. The lowest BCUT2D eigenvalue weighted by molar-refractivity contribution is -0.153. The predicted octanol–water partition coefficient (Wildman–Crippen LogP) is 3.54. The van der Waals surface area contributed by atoms with Gasteiger partial charge >= 0.3 is 6.18 Å². The van der Waals surface area contributed by atoms with Crippen molar-refractivity contribution in [2.45, 2.75) is 49.6 Å². The molecule has 1 saturated carbocycles. The average molecular weight is 420 g/mol. The number of hydrogen-bond acceptors (Lipinski definition) is 4. The fraction of sp³-hybridized carbons (Fsp3) is 0.611. The molecule has 1 heterocycles. The van der Waals surface area contributed by atoms with Gasteiger partial charge in [-0.05, 0) is 43.9 Å². The minimum Gasteiger partial charge on any atom is -0.482 e. The quantitative estimate of drug-likeness (QED) is 0.764. The molecule has 0 spiro atoms. The number of nitrogens with one attached hydrogen (secondary N) is 1. The van der Waals surface area contributed by atoms with Gasteiger partial charge in [-0.25, -0.2) is 8.42 Å². The van der Waals surface area contributed by atoms with Gasteiger partial charge in [0, 0.05) is 19.0 Å². The molecule has 1 saturated heterocycles. The van der Waals surface area contributed by atoms with Crippen LogP contribution in [0.4, 0.5) is 18.9 Å². The normalized spacial score (nSPS) is 19.1. The first-order valence-corrected chi connectivity index (χ1v) is 10.8. The number of nitrogens with zero attached hydrogens (tertiary/aromatic N) is 1. The van der Waals surface area contributed by atoms with Gasteiger partial charge in [0.15, 0.2) is 6.61 Å². The van der Waals surface area contributed by atoms with Crippen LogP contribution in [0.1, 0.15) is 38.5 Å². The van der Waals surface area contributed by atoms with Gasteiger partial charge in [0.05, 0.1) is 10.6 Å². The van der Waals surface area contributed by atoms with E-state index in [4.69, 9.17) is 4.74 Å². The molecular weight excluding hydrogens is 397 g/mol. The van der Waals surface area contributed by atoms with Gasteiger partial charge < -0.3 is 10.1 Å². The summed E-state index contributed by atoms with van der Waals surface area (Å²) >= 11 is 0. The molecule has 3 rings (SSSR count). The molecule has 1 aliphatic carbocycles. The molecule has 2 fully saturated rings. The zero-order chi connectivity index (χ0) is 20.4. The maximum atomic E-state index is 12.9. The Bertz CT molecular complexity index is 815. The summed E-state index contributed by atoms with van der Waals surface area (Å²) in [6.07, 6.45) is 0.299. The lowest BCUT2D eigenvalue weighted by Gasteiger charge is -2.21. The number of carbonyl (C=O) groups excluding carboxylic acids is 1. The molecule has 1 amide bonds.